The van der Waals surface area contributed by atoms with Crippen molar-refractivity contribution in [3.8, 4) is 0 Å². The van der Waals surface area contributed by atoms with Gasteiger partial charge in [-0.05, 0) is 30.1 Å². The smallest absolute Gasteiger partial charge is 0.0119 e. The maximum Gasteiger partial charge on any atom is -0.0119 e. The predicted octanol–water partition coefficient (Wildman–Crippen LogP) is 3.63. The Hall–Kier alpha value is -0.260. The molecule has 1 rings (SSSR count). The van der Waals surface area contributed by atoms with Crippen LogP contribution in [0.15, 0.2) is 12.2 Å². The van der Waals surface area contributed by atoms with Gasteiger partial charge in [-0.2, -0.15) is 0 Å². The Morgan fingerprint density at radius 3 is 2.27 bits per heavy atom. The molecule has 0 N–H and O–H groups in total. The van der Waals surface area contributed by atoms with Crippen LogP contribution in [0.4, 0.5) is 0 Å². The number of allylic oxidation sites excluding steroid dienone is 1. The first-order valence-corrected chi connectivity index (χ1v) is 4.65. The monoisotopic (exact) mass is 152 g/mol. The molecule has 1 aliphatic rings. The highest BCUT2D eigenvalue weighted by molar-refractivity contribution is 5.14. The SMILES string of the molecule is C=C1C(C)CCC(C)C1(C)C. The summed E-state index contributed by atoms with van der Waals surface area (Å²) in [6.07, 6.45) is 2.70. The molecule has 0 aromatic heterocycles. The van der Waals surface area contributed by atoms with Crippen molar-refractivity contribution in [2.75, 3.05) is 0 Å². The zero-order valence-electron chi connectivity index (χ0n) is 8.28. The van der Waals surface area contributed by atoms with Gasteiger partial charge in [-0.15, -0.1) is 0 Å². The van der Waals surface area contributed by atoms with Gasteiger partial charge in [0.1, 0.15) is 0 Å². The lowest BCUT2D eigenvalue weighted by Crippen LogP contribution is -2.31. The van der Waals surface area contributed by atoms with Gasteiger partial charge in [0.15, 0.2) is 0 Å². The van der Waals surface area contributed by atoms with Crippen LogP contribution < -0.4 is 0 Å². The summed E-state index contributed by atoms with van der Waals surface area (Å²) in [5, 5.41) is 0. The van der Waals surface area contributed by atoms with E-state index in [0.717, 1.165) is 11.8 Å². The van der Waals surface area contributed by atoms with E-state index in [-0.39, 0.29) is 0 Å². The van der Waals surface area contributed by atoms with Crippen molar-refractivity contribution in [3.05, 3.63) is 12.2 Å². The molecule has 0 heteroatoms. The van der Waals surface area contributed by atoms with Crippen LogP contribution in [0.3, 0.4) is 0 Å². The summed E-state index contributed by atoms with van der Waals surface area (Å²) in [7, 11) is 0. The van der Waals surface area contributed by atoms with Gasteiger partial charge in [-0.1, -0.05) is 39.8 Å². The lowest BCUT2D eigenvalue weighted by molar-refractivity contribution is 0.196. The topological polar surface area (TPSA) is 0 Å². The summed E-state index contributed by atoms with van der Waals surface area (Å²) in [5.41, 5.74) is 1.83. The molecule has 11 heavy (non-hydrogen) atoms. The number of rotatable bonds is 0. The molecule has 2 atom stereocenters. The highest BCUT2D eigenvalue weighted by Crippen LogP contribution is 2.45. The molecule has 0 aliphatic heterocycles. The van der Waals surface area contributed by atoms with Crippen molar-refractivity contribution in [2.24, 2.45) is 17.3 Å². The Kier molecular flexibility index (Phi) is 2.13. The molecule has 2 unspecified atom stereocenters. The fraction of sp³-hybridized carbons (Fsp3) is 0.818. The van der Waals surface area contributed by atoms with E-state index in [1.807, 2.05) is 0 Å². The second-order valence-corrected chi connectivity index (χ2v) is 4.63. The van der Waals surface area contributed by atoms with E-state index in [1.54, 1.807) is 0 Å². The summed E-state index contributed by atoms with van der Waals surface area (Å²) in [6.45, 7) is 13.5. The van der Waals surface area contributed by atoms with Crippen LogP contribution in [-0.2, 0) is 0 Å². The van der Waals surface area contributed by atoms with E-state index in [2.05, 4.69) is 34.3 Å². The molecule has 0 nitrogen and oxygen atoms in total. The van der Waals surface area contributed by atoms with Gasteiger partial charge < -0.3 is 0 Å². The normalized spacial score (nSPS) is 37.3. The molecule has 1 aliphatic carbocycles. The summed E-state index contributed by atoms with van der Waals surface area (Å²) in [5.74, 6) is 1.55. The standard InChI is InChI=1S/C11H20/c1-8-6-7-9(2)11(4,5)10(8)3/h8-9H,3,6-7H2,1-2,4-5H3. The first-order valence-electron chi connectivity index (χ1n) is 4.65. The molecule has 64 valence electrons. The average Bonchev–Trinajstić information content (AvgIpc) is 1.95. The van der Waals surface area contributed by atoms with Crippen LogP contribution in [0.1, 0.15) is 40.5 Å². The van der Waals surface area contributed by atoms with Crippen molar-refractivity contribution in [3.63, 3.8) is 0 Å². The predicted molar refractivity (Wildman–Crippen MR) is 50.5 cm³/mol. The molecular weight excluding hydrogens is 132 g/mol. The maximum atomic E-state index is 4.20. The number of hydrogen-bond donors (Lipinski definition) is 0. The summed E-state index contributed by atoms with van der Waals surface area (Å²) < 4.78 is 0. The highest BCUT2D eigenvalue weighted by Gasteiger charge is 2.35. The molecule has 0 amide bonds. The molecule has 0 aromatic carbocycles. The third-order valence-electron chi connectivity index (χ3n) is 3.69. The first kappa shape index (κ1) is 8.83. The first-order chi connectivity index (χ1) is 4.96. The van der Waals surface area contributed by atoms with E-state index >= 15 is 0 Å². The van der Waals surface area contributed by atoms with Crippen LogP contribution in [0.25, 0.3) is 0 Å². The van der Waals surface area contributed by atoms with E-state index in [4.69, 9.17) is 0 Å². The average molecular weight is 152 g/mol. The van der Waals surface area contributed by atoms with Gasteiger partial charge in [-0.3, -0.25) is 0 Å². The molecule has 0 aromatic rings. The molecule has 0 spiro atoms. The Bertz CT molecular complexity index is 165. The summed E-state index contributed by atoms with van der Waals surface area (Å²) >= 11 is 0. The van der Waals surface area contributed by atoms with Crippen LogP contribution in [0.5, 0.6) is 0 Å². The zero-order valence-corrected chi connectivity index (χ0v) is 8.28. The summed E-state index contributed by atoms with van der Waals surface area (Å²) in [4.78, 5) is 0. The molecule has 0 heterocycles. The van der Waals surface area contributed by atoms with Crippen LogP contribution in [0, 0.1) is 17.3 Å². The fourth-order valence-electron chi connectivity index (χ4n) is 1.99. The van der Waals surface area contributed by atoms with Crippen LogP contribution in [0.2, 0.25) is 0 Å². The Morgan fingerprint density at radius 1 is 1.27 bits per heavy atom. The van der Waals surface area contributed by atoms with E-state index in [0.29, 0.717) is 5.41 Å². The van der Waals surface area contributed by atoms with E-state index in [9.17, 15) is 0 Å². The zero-order chi connectivity index (χ0) is 8.65. The van der Waals surface area contributed by atoms with Crippen LogP contribution in [-0.4, -0.2) is 0 Å². The second kappa shape index (κ2) is 2.66. The molecule has 0 radical (unpaired) electrons. The van der Waals surface area contributed by atoms with Gasteiger partial charge in [-0.25, -0.2) is 0 Å². The second-order valence-electron chi connectivity index (χ2n) is 4.63. The van der Waals surface area contributed by atoms with Gasteiger partial charge in [0.2, 0.25) is 0 Å². The Morgan fingerprint density at radius 2 is 1.82 bits per heavy atom. The van der Waals surface area contributed by atoms with Gasteiger partial charge in [0, 0.05) is 0 Å². The third-order valence-corrected chi connectivity index (χ3v) is 3.69. The fourth-order valence-corrected chi connectivity index (χ4v) is 1.99. The largest absolute Gasteiger partial charge is 0.0990 e. The van der Waals surface area contributed by atoms with Gasteiger partial charge in [0.25, 0.3) is 0 Å². The van der Waals surface area contributed by atoms with Crippen LogP contribution >= 0.6 is 0 Å². The minimum atomic E-state index is 0.373. The lowest BCUT2D eigenvalue weighted by Gasteiger charge is -2.42. The lowest BCUT2D eigenvalue weighted by atomic mass is 9.63. The van der Waals surface area contributed by atoms with Crippen molar-refractivity contribution >= 4 is 0 Å². The molecule has 0 bridgehead atoms. The van der Waals surface area contributed by atoms with Crippen molar-refractivity contribution < 1.29 is 0 Å². The van der Waals surface area contributed by atoms with Crippen molar-refractivity contribution in [1.29, 1.82) is 0 Å². The van der Waals surface area contributed by atoms with Gasteiger partial charge >= 0.3 is 0 Å². The van der Waals surface area contributed by atoms with Gasteiger partial charge in [0.05, 0.1) is 0 Å². The quantitative estimate of drug-likeness (QED) is 0.465. The molecule has 1 saturated carbocycles. The minimum Gasteiger partial charge on any atom is -0.0990 e. The minimum absolute atomic E-state index is 0.373. The maximum absolute atomic E-state index is 4.20. The third kappa shape index (κ3) is 1.36. The van der Waals surface area contributed by atoms with Crippen molar-refractivity contribution in [1.82, 2.24) is 0 Å². The van der Waals surface area contributed by atoms with Crippen molar-refractivity contribution in [2.45, 2.75) is 40.5 Å². The van der Waals surface area contributed by atoms with E-state index < -0.39 is 0 Å². The highest BCUT2D eigenvalue weighted by atomic mass is 14.4. The molecule has 1 fully saturated rings. The molecular formula is C11H20. The molecule has 0 saturated heterocycles. The number of hydrogen-bond acceptors (Lipinski definition) is 0. The Balaban J connectivity index is 2.81. The summed E-state index contributed by atoms with van der Waals surface area (Å²) in [6, 6.07) is 0. The van der Waals surface area contributed by atoms with E-state index in [1.165, 1.54) is 18.4 Å². The Labute approximate surface area is 70.7 Å².